The third kappa shape index (κ3) is 5.70. The average molecular weight is 501 g/mol. The van der Waals surface area contributed by atoms with E-state index in [0.717, 1.165) is 0 Å². The molecule has 30 heavy (non-hydrogen) atoms. The number of carbonyl (C=O) groups excluding carboxylic acids is 1. The number of pyridine rings is 1. The summed E-state index contributed by atoms with van der Waals surface area (Å²) in [4.78, 5) is 18.4. The summed E-state index contributed by atoms with van der Waals surface area (Å²) in [6, 6.07) is 5.01. The van der Waals surface area contributed by atoms with E-state index in [1.807, 2.05) is 0 Å². The van der Waals surface area contributed by atoms with Gasteiger partial charge in [0.15, 0.2) is 9.84 Å². The quantitative estimate of drug-likeness (QED) is 0.535. The van der Waals surface area contributed by atoms with Crippen molar-refractivity contribution in [2.75, 3.05) is 13.2 Å². The van der Waals surface area contributed by atoms with Crippen LogP contribution in [0.1, 0.15) is 47.0 Å². The Morgan fingerprint density at radius 2 is 1.97 bits per heavy atom. The molecule has 0 saturated carbocycles. The molecule has 2 aromatic rings. The number of hydrogen-bond acceptors (Lipinski definition) is 6. The number of aromatic nitrogens is 1. The van der Waals surface area contributed by atoms with Gasteiger partial charge in [-0.15, -0.1) is 0 Å². The molecule has 1 N–H and O–H groups in total. The third-order valence-corrected chi connectivity index (χ3v) is 7.35. The first-order chi connectivity index (χ1) is 14.0. The zero-order chi connectivity index (χ0) is 22.5. The van der Waals surface area contributed by atoms with E-state index < -0.39 is 26.9 Å². The normalized spacial score (nSPS) is 13.3. The van der Waals surface area contributed by atoms with Crippen molar-refractivity contribution in [2.45, 2.75) is 62.8 Å². The monoisotopic (exact) mass is 500 g/mol. The first kappa shape index (κ1) is 24.6. The van der Waals surface area contributed by atoms with Crippen molar-refractivity contribution in [2.24, 2.45) is 0 Å². The fourth-order valence-electron chi connectivity index (χ4n) is 3.22. The molecule has 0 bridgehead atoms. The molecule has 0 fully saturated rings. The van der Waals surface area contributed by atoms with Crippen molar-refractivity contribution in [3.8, 4) is 0 Å². The van der Waals surface area contributed by atoms with Crippen molar-refractivity contribution in [3.63, 3.8) is 0 Å². The lowest BCUT2D eigenvalue weighted by Gasteiger charge is -2.33. The largest absolute Gasteiger partial charge is 0.444 e. The van der Waals surface area contributed by atoms with E-state index in [2.05, 4.69) is 20.9 Å². The number of nitrogens with zero attached hydrogens (tertiary/aromatic N) is 2. The second-order valence-electron chi connectivity index (χ2n) is 7.99. The van der Waals surface area contributed by atoms with Crippen LogP contribution in [0.15, 0.2) is 40.0 Å². The first-order valence-electron chi connectivity index (χ1n) is 9.89. The Kier molecular flexibility index (Phi) is 8.24. The number of ether oxygens (including phenoxy) is 1. The molecule has 0 aliphatic rings. The Bertz CT molecular complexity index is 983. The Balaban J connectivity index is 2.55. The number of carbonyl (C=O) groups is 1. The number of rotatable bonds is 8. The maximum atomic E-state index is 13.7. The lowest BCUT2D eigenvalue weighted by Crippen LogP contribution is -2.47. The Morgan fingerprint density at radius 3 is 2.57 bits per heavy atom. The number of benzene rings is 1. The minimum atomic E-state index is -3.93. The maximum Gasteiger partial charge on any atom is 0.411 e. The number of sulfone groups is 1. The summed E-state index contributed by atoms with van der Waals surface area (Å²) < 4.78 is 33.5. The maximum absolute atomic E-state index is 13.7. The first-order valence-corrected chi connectivity index (χ1v) is 12.2. The van der Waals surface area contributed by atoms with Gasteiger partial charge in [0.2, 0.25) is 0 Å². The molecule has 1 aromatic heterocycles. The number of fused-ring (bicyclic) bond motifs is 1. The fourth-order valence-corrected chi connectivity index (χ4v) is 5.95. The number of halogens is 1. The van der Waals surface area contributed by atoms with Crippen LogP contribution in [0, 0.1) is 0 Å². The highest BCUT2D eigenvalue weighted by Gasteiger charge is 2.37. The highest BCUT2D eigenvalue weighted by Crippen LogP contribution is 2.33. The van der Waals surface area contributed by atoms with Crippen LogP contribution >= 0.6 is 15.9 Å². The predicted molar refractivity (Wildman–Crippen MR) is 120 cm³/mol. The fraction of sp³-hybridized carbons (Fsp3) is 0.524. The molecule has 1 amide bonds. The lowest BCUT2D eigenvalue weighted by molar-refractivity contribution is 0.0212. The van der Waals surface area contributed by atoms with E-state index in [1.165, 1.54) is 4.90 Å². The predicted octanol–water partition coefficient (Wildman–Crippen LogP) is 4.52. The topological polar surface area (TPSA) is 96.8 Å². The van der Waals surface area contributed by atoms with Crippen molar-refractivity contribution >= 4 is 42.6 Å². The van der Waals surface area contributed by atoms with Gasteiger partial charge >= 0.3 is 6.09 Å². The second-order valence-corrected chi connectivity index (χ2v) is 10.9. The summed E-state index contributed by atoms with van der Waals surface area (Å²) >= 11 is 3.41. The third-order valence-electron chi connectivity index (χ3n) is 4.50. The van der Waals surface area contributed by atoms with Crippen LogP contribution in [0.2, 0.25) is 0 Å². The van der Waals surface area contributed by atoms with Gasteiger partial charge in [0.25, 0.3) is 0 Å². The van der Waals surface area contributed by atoms with Crippen molar-refractivity contribution in [3.05, 3.63) is 35.1 Å². The molecular formula is C21H29BrN2O5S. The zero-order valence-corrected chi connectivity index (χ0v) is 20.2. The minimum absolute atomic E-state index is 0.0328. The van der Waals surface area contributed by atoms with E-state index in [-0.39, 0.29) is 24.5 Å². The molecule has 0 aliphatic carbocycles. The summed E-state index contributed by atoms with van der Waals surface area (Å²) in [5.41, 5.74) is -0.761. The molecule has 166 valence electrons. The van der Waals surface area contributed by atoms with Gasteiger partial charge in [0, 0.05) is 40.8 Å². The summed E-state index contributed by atoms with van der Waals surface area (Å²) in [5.74, 6) is 0. The Labute approximate surface area is 186 Å². The van der Waals surface area contributed by atoms with Crippen molar-refractivity contribution in [1.29, 1.82) is 0 Å². The van der Waals surface area contributed by atoms with Gasteiger partial charge in [0.1, 0.15) is 11.0 Å². The van der Waals surface area contributed by atoms with Gasteiger partial charge in [-0.1, -0.05) is 19.1 Å². The summed E-state index contributed by atoms with van der Waals surface area (Å²) in [5, 5.41) is 9.24. The molecule has 2 rings (SSSR count). The summed E-state index contributed by atoms with van der Waals surface area (Å²) in [6.45, 7) is 7.08. The smallest absolute Gasteiger partial charge is 0.411 e. The van der Waals surface area contributed by atoms with Gasteiger partial charge in [-0.25, -0.2) is 13.2 Å². The van der Waals surface area contributed by atoms with E-state index in [1.54, 1.807) is 58.3 Å². The molecule has 1 aromatic carbocycles. The van der Waals surface area contributed by atoms with E-state index in [0.29, 0.717) is 28.1 Å². The molecule has 1 atom stereocenters. The number of hydrogen-bond donors (Lipinski definition) is 1. The summed E-state index contributed by atoms with van der Waals surface area (Å²) in [6.07, 6.45) is 3.59. The molecule has 0 aliphatic heterocycles. The number of aliphatic hydroxyl groups excluding tert-OH is 1. The lowest BCUT2D eigenvalue weighted by atomic mass is 10.2. The van der Waals surface area contributed by atoms with Crippen LogP contribution in [0.5, 0.6) is 0 Å². The van der Waals surface area contributed by atoms with Crippen molar-refractivity contribution < 1.29 is 23.1 Å². The highest BCUT2D eigenvalue weighted by atomic mass is 79.9. The molecule has 1 heterocycles. The van der Waals surface area contributed by atoms with Gasteiger partial charge < -0.3 is 9.84 Å². The standard InChI is InChI=1S/C21H29BrN2O5S/c1-5-18(24(11-6-7-12-25)20(26)29-21(2,3)4)30(27,28)17-10-8-9-15-13-23-14-16(22)19(15)17/h8-10,13-14,18,25H,5-7,11-12H2,1-4H3. The van der Waals surface area contributed by atoms with E-state index in [4.69, 9.17) is 9.84 Å². The molecule has 1 unspecified atom stereocenters. The summed E-state index contributed by atoms with van der Waals surface area (Å²) in [7, 11) is -3.93. The SMILES string of the molecule is CCC(N(CCCCO)C(=O)OC(C)(C)C)S(=O)(=O)c1cccc2cncc(Br)c12. The Morgan fingerprint density at radius 1 is 1.27 bits per heavy atom. The van der Waals surface area contributed by atoms with E-state index >= 15 is 0 Å². The number of aliphatic hydroxyl groups is 1. The second kappa shape index (κ2) is 10.1. The number of unbranched alkanes of at least 4 members (excludes halogenated alkanes) is 1. The van der Waals surface area contributed by atoms with Crippen LogP contribution in [-0.4, -0.2) is 53.6 Å². The molecule has 0 spiro atoms. The van der Waals surface area contributed by atoms with Gasteiger partial charge in [0.05, 0.1) is 4.90 Å². The average Bonchev–Trinajstić information content (AvgIpc) is 2.65. The molecular weight excluding hydrogens is 472 g/mol. The van der Waals surface area contributed by atoms with Crippen LogP contribution in [0.4, 0.5) is 4.79 Å². The highest BCUT2D eigenvalue weighted by molar-refractivity contribution is 9.10. The Hall–Kier alpha value is -1.71. The molecule has 7 nitrogen and oxygen atoms in total. The van der Waals surface area contributed by atoms with E-state index in [9.17, 15) is 13.2 Å². The van der Waals surface area contributed by atoms with Gasteiger partial charge in [-0.2, -0.15) is 0 Å². The molecule has 0 saturated heterocycles. The van der Waals surface area contributed by atoms with Crippen molar-refractivity contribution in [1.82, 2.24) is 9.88 Å². The van der Waals surface area contributed by atoms with Crippen LogP contribution in [-0.2, 0) is 14.6 Å². The van der Waals surface area contributed by atoms with Crippen LogP contribution in [0.25, 0.3) is 10.8 Å². The van der Waals surface area contributed by atoms with Crippen LogP contribution in [0.3, 0.4) is 0 Å². The zero-order valence-electron chi connectivity index (χ0n) is 17.8. The number of amides is 1. The van der Waals surface area contributed by atoms with Gasteiger partial charge in [-0.3, -0.25) is 9.88 Å². The van der Waals surface area contributed by atoms with Crippen LogP contribution < -0.4 is 0 Å². The molecule has 0 radical (unpaired) electrons. The minimum Gasteiger partial charge on any atom is -0.444 e. The van der Waals surface area contributed by atoms with Gasteiger partial charge in [-0.05, 0) is 62.0 Å². The molecule has 9 heteroatoms.